The maximum atomic E-state index is 13.0. The molecule has 1 amide bonds. The minimum atomic E-state index is -3.91. The van der Waals surface area contributed by atoms with Crippen molar-refractivity contribution in [1.82, 2.24) is 9.79 Å². The summed E-state index contributed by atoms with van der Waals surface area (Å²) in [6.07, 6.45) is 0. The number of hydroxylamine groups is 1. The summed E-state index contributed by atoms with van der Waals surface area (Å²) in [5.74, 6) is -0.790. The number of aryl methyl sites for hydroxylation is 1. The molecule has 0 unspecified atom stereocenters. The average molecular weight is 348 g/mol. The van der Waals surface area contributed by atoms with E-state index in [1.165, 1.54) is 24.5 Å². The fourth-order valence-electron chi connectivity index (χ4n) is 2.26. The predicted molar refractivity (Wildman–Crippen MR) is 89.7 cm³/mol. The zero-order chi connectivity index (χ0) is 17.7. The summed E-state index contributed by atoms with van der Waals surface area (Å²) in [5, 5.41) is 8.87. The Morgan fingerprint density at radius 3 is 2.25 bits per heavy atom. The Morgan fingerprint density at radius 1 is 1.12 bits per heavy atom. The highest BCUT2D eigenvalue weighted by Gasteiger charge is 2.33. The van der Waals surface area contributed by atoms with Crippen molar-refractivity contribution in [3.05, 3.63) is 65.7 Å². The summed E-state index contributed by atoms with van der Waals surface area (Å²) in [7, 11) is -3.91. The number of carbonyl (C=O) groups excluding carboxylic acids is 1. The molecule has 0 fully saturated rings. The van der Waals surface area contributed by atoms with Gasteiger partial charge in [0.2, 0.25) is 10.0 Å². The van der Waals surface area contributed by atoms with E-state index in [4.69, 9.17) is 5.21 Å². The molecule has 0 saturated heterocycles. The van der Waals surface area contributed by atoms with Crippen molar-refractivity contribution in [2.75, 3.05) is 0 Å². The van der Waals surface area contributed by atoms with E-state index >= 15 is 0 Å². The van der Waals surface area contributed by atoms with Gasteiger partial charge in [-0.15, -0.1) is 0 Å². The van der Waals surface area contributed by atoms with Crippen molar-refractivity contribution in [2.45, 2.75) is 31.3 Å². The lowest BCUT2D eigenvalue weighted by molar-refractivity contribution is -0.132. The number of rotatable bonds is 6. The van der Waals surface area contributed by atoms with Crippen LogP contribution >= 0.6 is 0 Å². The van der Waals surface area contributed by atoms with Gasteiger partial charge in [-0.25, -0.2) is 13.9 Å². The number of nitrogens with one attached hydrogen (secondary N) is 1. The maximum absolute atomic E-state index is 13.0. The van der Waals surface area contributed by atoms with E-state index in [1.807, 2.05) is 13.0 Å². The molecule has 0 aliphatic rings. The highest BCUT2D eigenvalue weighted by atomic mass is 32.2. The highest BCUT2D eigenvalue weighted by molar-refractivity contribution is 7.89. The minimum Gasteiger partial charge on any atom is -0.289 e. The molecule has 7 heteroatoms. The van der Waals surface area contributed by atoms with Gasteiger partial charge in [0.1, 0.15) is 6.04 Å². The first kappa shape index (κ1) is 18.1. The Morgan fingerprint density at radius 2 is 1.71 bits per heavy atom. The molecule has 0 radical (unpaired) electrons. The van der Waals surface area contributed by atoms with Gasteiger partial charge in [-0.2, -0.15) is 4.31 Å². The van der Waals surface area contributed by atoms with E-state index in [0.29, 0.717) is 0 Å². The van der Waals surface area contributed by atoms with Crippen LogP contribution in [0, 0.1) is 6.92 Å². The molecule has 2 aromatic rings. The highest BCUT2D eigenvalue weighted by Crippen LogP contribution is 2.21. The molecule has 128 valence electrons. The third kappa shape index (κ3) is 4.00. The van der Waals surface area contributed by atoms with Gasteiger partial charge in [-0.3, -0.25) is 10.0 Å². The van der Waals surface area contributed by atoms with Crippen LogP contribution < -0.4 is 5.48 Å². The molecule has 2 aromatic carbocycles. The number of nitrogens with zero attached hydrogens (tertiary/aromatic N) is 1. The molecule has 0 aromatic heterocycles. The SMILES string of the molecule is Cc1ccc(S(=O)(=O)N(Cc2ccccc2)[C@@H](C)C(=O)NO)cc1. The Balaban J connectivity index is 2.44. The summed E-state index contributed by atoms with van der Waals surface area (Å²) in [5.41, 5.74) is 3.19. The van der Waals surface area contributed by atoms with E-state index in [1.54, 1.807) is 36.4 Å². The van der Waals surface area contributed by atoms with Gasteiger partial charge in [-0.1, -0.05) is 48.0 Å². The minimum absolute atomic E-state index is 0.0195. The first-order valence-corrected chi connectivity index (χ1v) is 8.86. The summed E-state index contributed by atoms with van der Waals surface area (Å²) in [6.45, 7) is 3.31. The van der Waals surface area contributed by atoms with Gasteiger partial charge >= 0.3 is 0 Å². The lowest BCUT2D eigenvalue weighted by atomic mass is 10.2. The molecule has 0 spiro atoms. The van der Waals surface area contributed by atoms with Crippen LogP contribution in [-0.2, 0) is 21.4 Å². The summed E-state index contributed by atoms with van der Waals surface area (Å²) >= 11 is 0. The van der Waals surface area contributed by atoms with Gasteiger partial charge in [0.15, 0.2) is 0 Å². The first-order chi connectivity index (χ1) is 11.4. The largest absolute Gasteiger partial charge is 0.289 e. The number of hydrogen-bond donors (Lipinski definition) is 2. The van der Waals surface area contributed by atoms with E-state index < -0.39 is 22.0 Å². The van der Waals surface area contributed by atoms with Crippen LogP contribution in [0.15, 0.2) is 59.5 Å². The van der Waals surface area contributed by atoms with Crippen molar-refractivity contribution in [1.29, 1.82) is 0 Å². The molecule has 0 aliphatic heterocycles. The normalized spacial score (nSPS) is 12.8. The van der Waals surface area contributed by atoms with Crippen LogP contribution in [0.3, 0.4) is 0 Å². The molecular formula is C17H20N2O4S. The first-order valence-electron chi connectivity index (χ1n) is 7.42. The van der Waals surface area contributed by atoms with E-state index in [-0.39, 0.29) is 11.4 Å². The molecule has 0 bridgehead atoms. The van der Waals surface area contributed by atoms with Gasteiger partial charge in [0, 0.05) is 6.54 Å². The number of amides is 1. The second-order valence-electron chi connectivity index (χ2n) is 5.50. The molecule has 0 saturated carbocycles. The van der Waals surface area contributed by atoms with Gasteiger partial charge in [0.25, 0.3) is 5.91 Å². The van der Waals surface area contributed by atoms with Gasteiger partial charge < -0.3 is 0 Å². The van der Waals surface area contributed by atoms with Crippen molar-refractivity contribution in [3.63, 3.8) is 0 Å². The molecule has 1 atom stereocenters. The van der Waals surface area contributed by atoms with Crippen molar-refractivity contribution < 1.29 is 18.4 Å². The molecule has 0 heterocycles. The summed E-state index contributed by atoms with van der Waals surface area (Å²) < 4.78 is 27.0. The quantitative estimate of drug-likeness (QED) is 0.618. The zero-order valence-corrected chi connectivity index (χ0v) is 14.3. The monoisotopic (exact) mass is 348 g/mol. The predicted octanol–water partition coefficient (Wildman–Crippen LogP) is 2.08. The smallest absolute Gasteiger partial charge is 0.261 e. The second kappa shape index (κ2) is 7.57. The third-order valence-electron chi connectivity index (χ3n) is 3.73. The lowest BCUT2D eigenvalue weighted by Crippen LogP contribution is -2.46. The molecular weight excluding hydrogens is 328 g/mol. The second-order valence-corrected chi connectivity index (χ2v) is 7.39. The van der Waals surface area contributed by atoms with Gasteiger partial charge in [0.05, 0.1) is 4.90 Å². The van der Waals surface area contributed by atoms with E-state index in [2.05, 4.69) is 0 Å². The molecule has 2 N–H and O–H groups in total. The van der Waals surface area contributed by atoms with Crippen LogP contribution in [0.4, 0.5) is 0 Å². The standard InChI is InChI=1S/C17H20N2O4S/c1-13-8-10-16(11-9-13)24(22,23)19(14(2)17(20)18-21)12-15-6-4-3-5-7-15/h3-11,14,21H,12H2,1-2H3,(H,18,20)/t14-/m0/s1. The van der Waals surface area contributed by atoms with Crippen LogP contribution in [0.5, 0.6) is 0 Å². The number of sulfonamides is 1. The number of hydrogen-bond acceptors (Lipinski definition) is 4. The van der Waals surface area contributed by atoms with E-state index in [0.717, 1.165) is 15.4 Å². The number of benzene rings is 2. The number of carbonyl (C=O) groups is 1. The summed E-state index contributed by atoms with van der Waals surface area (Å²) in [4.78, 5) is 11.9. The lowest BCUT2D eigenvalue weighted by Gasteiger charge is -2.27. The van der Waals surface area contributed by atoms with Crippen LogP contribution in [0.25, 0.3) is 0 Å². The van der Waals surface area contributed by atoms with Crippen molar-refractivity contribution in [2.24, 2.45) is 0 Å². The fraction of sp³-hybridized carbons (Fsp3) is 0.235. The molecule has 6 nitrogen and oxygen atoms in total. The fourth-order valence-corrected chi connectivity index (χ4v) is 3.85. The Labute approximate surface area is 141 Å². The topological polar surface area (TPSA) is 86.7 Å². The third-order valence-corrected chi connectivity index (χ3v) is 5.66. The zero-order valence-electron chi connectivity index (χ0n) is 13.5. The Kier molecular flexibility index (Phi) is 5.71. The van der Waals surface area contributed by atoms with Gasteiger partial charge in [-0.05, 0) is 31.5 Å². The molecule has 0 aliphatic carbocycles. The van der Waals surface area contributed by atoms with Crippen LogP contribution in [0.1, 0.15) is 18.1 Å². The summed E-state index contributed by atoms with van der Waals surface area (Å²) in [6, 6.07) is 14.3. The van der Waals surface area contributed by atoms with E-state index in [9.17, 15) is 13.2 Å². The van der Waals surface area contributed by atoms with Crippen LogP contribution in [-0.4, -0.2) is 29.9 Å². The average Bonchev–Trinajstić information content (AvgIpc) is 2.59. The Bertz CT molecular complexity index is 789. The van der Waals surface area contributed by atoms with Crippen molar-refractivity contribution >= 4 is 15.9 Å². The maximum Gasteiger partial charge on any atom is 0.261 e. The van der Waals surface area contributed by atoms with Crippen molar-refractivity contribution in [3.8, 4) is 0 Å². The van der Waals surface area contributed by atoms with Crippen LogP contribution in [0.2, 0.25) is 0 Å². The molecule has 2 rings (SSSR count). The molecule has 24 heavy (non-hydrogen) atoms. The Hall–Kier alpha value is -2.22.